The summed E-state index contributed by atoms with van der Waals surface area (Å²) in [6.07, 6.45) is 3.24. The monoisotopic (exact) mass is 306 g/mol. The summed E-state index contributed by atoms with van der Waals surface area (Å²) in [6.45, 7) is 7.40. The smallest absolute Gasteiger partial charge is 0.157 e. The summed E-state index contributed by atoms with van der Waals surface area (Å²) in [6, 6.07) is 2.27. The standard InChI is InChI=1S/C16H22N2O2S/c1-11-12(2)14(10-17)16(18-13(11)3)21-9-8-20-15-6-4-5-7-19-15/h15H,4-9H2,1-3H3/t15-/m0/s1. The van der Waals surface area contributed by atoms with Crippen LogP contribution in [0.2, 0.25) is 0 Å². The molecule has 0 aromatic carbocycles. The van der Waals surface area contributed by atoms with Gasteiger partial charge in [0.15, 0.2) is 6.29 Å². The number of hydrogen-bond donors (Lipinski definition) is 0. The Bertz CT molecular complexity index is 534. The van der Waals surface area contributed by atoms with Crippen molar-refractivity contribution in [2.75, 3.05) is 19.0 Å². The van der Waals surface area contributed by atoms with Crippen LogP contribution in [-0.2, 0) is 9.47 Å². The predicted molar refractivity (Wildman–Crippen MR) is 83.4 cm³/mol. The van der Waals surface area contributed by atoms with Crippen molar-refractivity contribution in [3.05, 3.63) is 22.4 Å². The topological polar surface area (TPSA) is 55.1 Å². The maximum absolute atomic E-state index is 9.32. The third-order valence-electron chi connectivity index (χ3n) is 3.84. The first-order valence-corrected chi connectivity index (χ1v) is 8.36. The summed E-state index contributed by atoms with van der Waals surface area (Å²) in [5.41, 5.74) is 3.81. The quantitative estimate of drug-likeness (QED) is 0.615. The number of pyridine rings is 1. The van der Waals surface area contributed by atoms with Crippen LogP contribution in [0.3, 0.4) is 0 Å². The van der Waals surface area contributed by atoms with Gasteiger partial charge in [-0.25, -0.2) is 4.98 Å². The lowest BCUT2D eigenvalue weighted by molar-refractivity contribution is -0.158. The molecule has 5 heteroatoms. The molecule has 2 rings (SSSR count). The molecule has 1 saturated heterocycles. The van der Waals surface area contributed by atoms with Crippen LogP contribution in [0.15, 0.2) is 5.03 Å². The highest BCUT2D eigenvalue weighted by Crippen LogP contribution is 2.26. The number of aromatic nitrogens is 1. The molecule has 0 bridgehead atoms. The minimum Gasteiger partial charge on any atom is -0.353 e. The second-order valence-electron chi connectivity index (χ2n) is 5.25. The van der Waals surface area contributed by atoms with Crippen LogP contribution in [0.1, 0.15) is 41.6 Å². The van der Waals surface area contributed by atoms with E-state index in [4.69, 9.17) is 9.47 Å². The van der Waals surface area contributed by atoms with Gasteiger partial charge >= 0.3 is 0 Å². The highest BCUT2D eigenvalue weighted by Gasteiger charge is 2.15. The predicted octanol–water partition coefficient (Wildman–Crippen LogP) is 3.51. The van der Waals surface area contributed by atoms with E-state index in [1.807, 2.05) is 20.8 Å². The van der Waals surface area contributed by atoms with Crippen molar-refractivity contribution in [3.8, 4) is 6.07 Å². The van der Waals surface area contributed by atoms with E-state index < -0.39 is 0 Å². The highest BCUT2D eigenvalue weighted by molar-refractivity contribution is 7.99. The zero-order valence-electron chi connectivity index (χ0n) is 12.9. The van der Waals surface area contributed by atoms with Crippen LogP contribution < -0.4 is 0 Å². The zero-order chi connectivity index (χ0) is 15.2. The summed E-state index contributed by atoms with van der Waals surface area (Å²) >= 11 is 1.58. The molecule has 0 unspecified atom stereocenters. The van der Waals surface area contributed by atoms with Crippen LogP contribution in [0, 0.1) is 32.1 Å². The van der Waals surface area contributed by atoms with E-state index in [0.29, 0.717) is 12.2 Å². The first-order chi connectivity index (χ1) is 10.1. The molecule has 1 aromatic rings. The molecule has 21 heavy (non-hydrogen) atoms. The van der Waals surface area contributed by atoms with E-state index in [2.05, 4.69) is 11.1 Å². The summed E-state index contributed by atoms with van der Waals surface area (Å²) in [7, 11) is 0. The molecular formula is C16H22N2O2S. The van der Waals surface area contributed by atoms with Crippen LogP contribution in [0.25, 0.3) is 0 Å². The number of aryl methyl sites for hydroxylation is 1. The molecule has 2 heterocycles. The Kier molecular flexibility index (Phi) is 6.04. The molecular weight excluding hydrogens is 284 g/mol. The Balaban J connectivity index is 1.89. The molecule has 0 saturated carbocycles. The molecule has 114 valence electrons. The fourth-order valence-corrected chi connectivity index (χ4v) is 3.23. The molecule has 0 spiro atoms. The van der Waals surface area contributed by atoms with Gasteiger partial charge < -0.3 is 9.47 Å². The fourth-order valence-electron chi connectivity index (χ4n) is 2.31. The summed E-state index contributed by atoms with van der Waals surface area (Å²) < 4.78 is 11.2. The summed E-state index contributed by atoms with van der Waals surface area (Å²) in [4.78, 5) is 4.54. The minimum atomic E-state index is -0.0516. The Morgan fingerprint density at radius 2 is 2.14 bits per heavy atom. The third kappa shape index (κ3) is 4.19. The number of ether oxygens (including phenoxy) is 2. The van der Waals surface area contributed by atoms with Crippen molar-refractivity contribution in [2.45, 2.75) is 51.3 Å². The molecule has 1 fully saturated rings. The van der Waals surface area contributed by atoms with Crippen LogP contribution in [0.4, 0.5) is 0 Å². The van der Waals surface area contributed by atoms with Crippen LogP contribution in [0.5, 0.6) is 0 Å². The van der Waals surface area contributed by atoms with E-state index >= 15 is 0 Å². The second-order valence-corrected chi connectivity index (χ2v) is 6.34. The Labute approximate surface area is 130 Å². The number of nitrogens with zero attached hydrogens (tertiary/aromatic N) is 2. The maximum atomic E-state index is 9.32. The maximum Gasteiger partial charge on any atom is 0.157 e. The first kappa shape index (κ1) is 16.3. The van der Waals surface area contributed by atoms with Gasteiger partial charge in [0.2, 0.25) is 0 Å². The Morgan fingerprint density at radius 3 is 2.81 bits per heavy atom. The zero-order valence-corrected chi connectivity index (χ0v) is 13.8. The number of nitriles is 1. The Hall–Kier alpha value is -1.09. The van der Waals surface area contributed by atoms with E-state index in [0.717, 1.165) is 47.0 Å². The number of thioether (sulfide) groups is 1. The van der Waals surface area contributed by atoms with Crippen molar-refractivity contribution in [1.82, 2.24) is 4.98 Å². The van der Waals surface area contributed by atoms with E-state index in [9.17, 15) is 5.26 Å². The lowest BCUT2D eigenvalue weighted by Gasteiger charge is -2.22. The van der Waals surface area contributed by atoms with E-state index in [-0.39, 0.29) is 6.29 Å². The van der Waals surface area contributed by atoms with Crippen molar-refractivity contribution < 1.29 is 9.47 Å². The second kappa shape index (κ2) is 7.79. The first-order valence-electron chi connectivity index (χ1n) is 7.37. The average Bonchev–Trinajstić information content (AvgIpc) is 2.50. The molecule has 1 aliphatic rings. The van der Waals surface area contributed by atoms with Crippen molar-refractivity contribution in [1.29, 1.82) is 5.26 Å². The van der Waals surface area contributed by atoms with Crippen LogP contribution >= 0.6 is 11.8 Å². The van der Waals surface area contributed by atoms with Crippen LogP contribution in [-0.4, -0.2) is 30.2 Å². The largest absolute Gasteiger partial charge is 0.353 e. The van der Waals surface area contributed by atoms with Crippen molar-refractivity contribution in [3.63, 3.8) is 0 Å². The van der Waals surface area contributed by atoms with Gasteiger partial charge in [-0.05, 0) is 51.2 Å². The van der Waals surface area contributed by atoms with E-state index in [1.54, 1.807) is 11.8 Å². The molecule has 1 atom stereocenters. The number of hydrogen-bond acceptors (Lipinski definition) is 5. The molecule has 0 aliphatic carbocycles. The Morgan fingerprint density at radius 1 is 1.33 bits per heavy atom. The van der Waals surface area contributed by atoms with E-state index in [1.165, 1.54) is 6.42 Å². The number of rotatable bonds is 5. The van der Waals surface area contributed by atoms with Gasteiger partial charge in [-0.1, -0.05) is 0 Å². The summed E-state index contributed by atoms with van der Waals surface area (Å²) in [5, 5.41) is 10.1. The van der Waals surface area contributed by atoms with Gasteiger partial charge in [0.25, 0.3) is 0 Å². The van der Waals surface area contributed by atoms with Crippen molar-refractivity contribution >= 4 is 11.8 Å². The molecule has 0 radical (unpaired) electrons. The van der Waals surface area contributed by atoms with Gasteiger partial charge in [-0.2, -0.15) is 5.26 Å². The van der Waals surface area contributed by atoms with Crippen molar-refractivity contribution in [2.24, 2.45) is 0 Å². The fraction of sp³-hybridized carbons (Fsp3) is 0.625. The lowest BCUT2D eigenvalue weighted by atomic mass is 10.1. The summed E-state index contributed by atoms with van der Waals surface area (Å²) in [5.74, 6) is 0.781. The highest BCUT2D eigenvalue weighted by atomic mass is 32.2. The molecule has 0 amide bonds. The molecule has 4 nitrogen and oxygen atoms in total. The SMILES string of the molecule is Cc1nc(SCCO[C@H]2CCCCO2)c(C#N)c(C)c1C. The molecule has 1 aromatic heterocycles. The third-order valence-corrected chi connectivity index (χ3v) is 4.78. The van der Waals surface area contributed by atoms with Gasteiger partial charge in [-0.15, -0.1) is 11.8 Å². The van der Waals surface area contributed by atoms with Gasteiger partial charge in [0, 0.05) is 18.1 Å². The molecule has 1 aliphatic heterocycles. The van der Waals surface area contributed by atoms with Gasteiger partial charge in [0.05, 0.1) is 12.2 Å². The van der Waals surface area contributed by atoms with Gasteiger partial charge in [0.1, 0.15) is 11.1 Å². The lowest BCUT2D eigenvalue weighted by Crippen LogP contribution is -2.23. The average molecular weight is 306 g/mol. The minimum absolute atomic E-state index is 0.0516. The van der Waals surface area contributed by atoms with Gasteiger partial charge in [-0.3, -0.25) is 0 Å². The normalized spacial score (nSPS) is 18.5. The molecule has 0 N–H and O–H groups in total.